The van der Waals surface area contributed by atoms with Crippen LogP contribution in [0.3, 0.4) is 0 Å². The molecule has 0 aliphatic rings. The minimum absolute atomic E-state index is 0.351. The smallest absolute Gasteiger partial charge is 0.0897 e. The van der Waals surface area contributed by atoms with Gasteiger partial charge in [0, 0.05) is 17.8 Å². The molecule has 86 valence electrons. The molecule has 2 aromatic rings. The van der Waals surface area contributed by atoms with Crippen LogP contribution < -0.4 is 5.32 Å². The molecule has 0 fully saturated rings. The summed E-state index contributed by atoms with van der Waals surface area (Å²) >= 11 is 6.93. The largest absolute Gasteiger partial charge is 0.313 e. The molecular formula is C11H13BrN2S2. The van der Waals surface area contributed by atoms with Crippen LogP contribution in [0.25, 0.3) is 0 Å². The van der Waals surface area contributed by atoms with E-state index in [0.29, 0.717) is 6.04 Å². The van der Waals surface area contributed by atoms with Gasteiger partial charge >= 0.3 is 0 Å². The molecule has 0 bridgehead atoms. The van der Waals surface area contributed by atoms with Crippen LogP contribution in [-0.4, -0.2) is 12.0 Å². The highest BCUT2D eigenvalue weighted by molar-refractivity contribution is 9.11. The minimum Gasteiger partial charge on any atom is -0.313 e. The highest BCUT2D eigenvalue weighted by Gasteiger charge is 2.13. The Bertz CT molecular complexity index is 464. The monoisotopic (exact) mass is 316 g/mol. The summed E-state index contributed by atoms with van der Waals surface area (Å²) in [7, 11) is 2.00. The standard InChI is InChI=1S/C11H13BrN2S2/c1-7-14-9(6-15-7)4-10(13-2)8-3-11(12)16-5-8/h3,5-6,10,13H,4H2,1-2H3. The normalized spacial score (nSPS) is 12.9. The number of rotatable bonds is 4. The van der Waals surface area contributed by atoms with Crippen molar-refractivity contribution >= 4 is 38.6 Å². The van der Waals surface area contributed by atoms with Crippen molar-refractivity contribution in [2.24, 2.45) is 0 Å². The Labute approximate surface area is 112 Å². The minimum atomic E-state index is 0.351. The number of halogens is 1. The van der Waals surface area contributed by atoms with Crippen LogP contribution >= 0.6 is 38.6 Å². The number of aromatic nitrogens is 1. The van der Waals surface area contributed by atoms with Crippen LogP contribution in [0.2, 0.25) is 0 Å². The number of nitrogens with one attached hydrogen (secondary N) is 1. The molecule has 5 heteroatoms. The zero-order valence-corrected chi connectivity index (χ0v) is 12.4. The van der Waals surface area contributed by atoms with E-state index in [-0.39, 0.29) is 0 Å². The number of thiophene rings is 1. The predicted octanol–water partition coefficient (Wildman–Crippen LogP) is 3.78. The first kappa shape index (κ1) is 12.2. The van der Waals surface area contributed by atoms with Gasteiger partial charge in [0.1, 0.15) is 0 Å². The van der Waals surface area contributed by atoms with E-state index in [2.05, 4.69) is 43.1 Å². The van der Waals surface area contributed by atoms with Crippen LogP contribution in [0.4, 0.5) is 0 Å². The summed E-state index contributed by atoms with van der Waals surface area (Å²) in [6.07, 6.45) is 0.948. The molecule has 0 aliphatic heterocycles. The molecule has 2 rings (SSSR count). The fourth-order valence-corrected chi connectivity index (χ4v) is 3.46. The lowest BCUT2D eigenvalue weighted by atomic mass is 10.1. The van der Waals surface area contributed by atoms with Crippen LogP contribution in [0.1, 0.15) is 22.3 Å². The maximum atomic E-state index is 4.50. The third-order valence-corrected chi connectivity index (χ3v) is 4.76. The van der Waals surface area contributed by atoms with E-state index in [9.17, 15) is 0 Å². The van der Waals surface area contributed by atoms with Gasteiger partial charge in [0.05, 0.1) is 14.5 Å². The zero-order chi connectivity index (χ0) is 11.5. The Kier molecular flexibility index (Phi) is 4.13. The molecule has 0 spiro atoms. The van der Waals surface area contributed by atoms with Crippen molar-refractivity contribution in [2.75, 3.05) is 7.05 Å². The van der Waals surface area contributed by atoms with Gasteiger partial charge in [-0.3, -0.25) is 0 Å². The van der Waals surface area contributed by atoms with Crippen molar-refractivity contribution in [3.05, 3.63) is 36.9 Å². The third-order valence-electron chi connectivity index (χ3n) is 2.42. The highest BCUT2D eigenvalue weighted by atomic mass is 79.9. The molecule has 0 saturated heterocycles. The molecule has 2 aromatic heterocycles. The van der Waals surface area contributed by atoms with Crippen molar-refractivity contribution in [2.45, 2.75) is 19.4 Å². The Hall–Kier alpha value is -0.230. The molecule has 0 amide bonds. The number of thiazole rings is 1. The Morgan fingerprint density at radius 3 is 2.75 bits per heavy atom. The van der Waals surface area contributed by atoms with E-state index in [1.165, 1.54) is 15.0 Å². The lowest BCUT2D eigenvalue weighted by molar-refractivity contribution is 0.587. The predicted molar refractivity (Wildman–Crippen MR) is 74.4 cm³/mol. The van der Waals surface area contributed by atoms with E-state index in [1.807, 2.05) is 14.0 Å². The average molecular weight is 317 g/mol. The quantitative estimate of drug-likeness (QED) is 0.928. The maximum absolute atomic E-state index is 4.50. The van der Waals surface area contributed by atoms with E-state index in [4.69, 9.17) is 0 Å². The molecule has 0 aliphatic carbocycles. The van der Waals surface area contributed by atoms with Crippen LogP contribution in [-0.2, 0) is 6.42 Å². The van der Waals surface area contributed by atoms with E-state index < -0.39 is 0 Å². The highest BCUT2D eigenvalue weighted by Crippen LogP contribution is 2.27. The van der Waals surface area contributed by atoms with E-state index in [0.717, 1.165) is 11.4 Å². The summed E-state index contributed by atoms with van der Waals surface area (Å²) in [6, 6.07) is 2.52. The Morgan fingerprint density at radius 1 is 1.44 bits per heavy atom. The lowest BCUT2D eigenvalue weighted by Crippen LogP contribution is -2.18. The number of nitrogens with zero attached hydrogens (tertiary/aromatic N) is 1. The van der Waals surface area contributed by atoms with Crippen molar-refractivity contribution in [1.82, 2.24) is 10.3 Å². The van der Waals surface area contributed by atoms with E-state index in [1.54, 1.807) is 22.7 Å². The topological polar surface area (TPSA) is 24.9 Å². The van der Waals surface area contributed by atoms with Crippen LogP contribution in [0.5, 0.6) is 0 Å². The molecule has 2 heterocycles. The van der Waals surface area contributed by atoms with Gasteiger partial charge in [-0.25, -0.2) is 4.98 Å². The van der Waals surface area contributed by atoms with Crippen molar-refractivity contribution in [3.8, 4) is 0 Å². The molecule has 1 atom stereocenters. The van der Waals surface area contributed by atoms with Crippen molar-refractivity contribution in [3.63, 3.8) is 0 Å². The van der Waals surface area contributed by atoms with Crippen LogP contribution in [0.15, 0.2) is 20.6 Å². The molecular weight excluding hydrogens is 304 g/mol. The summed E-state index contributed by atoms with van der Waals surface area (Å²) in [6.45, 7) is 2.05. The van der Waals surface area contributed by atoms with Crippen molar-refractivity contribution in [1.29, 1.82) is 0 Å². The first-order chi connectivity index (χ1) is 7.69. The number of aryl methyl sites for hydroxylation is 1. The van der Waals surface area contributed by atoms with Gasteiger partial charge in [0.25, 0.3) is 0 Å². The van der Waals surface area contributed by atoms with Gasteiger partial charge in [-0.2, -0.15) is 0 Å². The molecule has 0 aromatic carbocycles. The summed E-state index contributed by atoms with van der Waals surface area (Å²) in [5.41, 5.74) is 2.49. The molecule has 16 heavy (non-hydrogen) atoms. The van der Waals surface area contributed by atoms with Gasteiger partial charge in [-0.1, -0.05) is 0 Å². The van der Waals surface area contributed by atoms with Gasteiger partial charge in [0.2, 0.25) is 0 Å². The summed E-state index contributed by atoms with van der Waals surface area (Å²) < 4.78 is 1.18. The number of hydrogen-bond acceptors (Lipinski definition) is 4. The zero-order valence-electron chi connectivity index (χ0n) is 9.16. The molecule has 1 unspecified atom stereocenters. The SMILES string of the molecule is CNC(Cc1csc(C)n1)c1csc(Br)c1. The first-order valence-electron chi connectivity index (χ1n) is 5.01. The van der Waals surface area contributed by atoms with Gasteiger partial charge < -0.3 is 5.32 Å². The van der Waals surface area contributed by atoms with Crippen LogP contribution in [0, 0.1) is 6.92 Å². The first-order valence-corrected chi connectivity index (χ1v) is 7.56. The van der Waals surface area contributed by atoms with Crippen molar-refractivity contribution < 1.29 is 0 Å². The second-order valence-corrected chi connectivity index (χ2v) is 6.94. The average Bonchev–Trinajstić information content (AvgIpc) is 2.84. The third kappa shape index (κ3) is 2.91. The molecule has 0 saturated carbocycles. The van der Waals surface area contributed by atoms with E-state index >= 15 is 0 Å². The summed E-state index contributed by atoms with van der Waals surface area (Å²) in [5.74, 6) is 0. The number of hydrogen-bond donors (Lipinski definition) is 1. The second kappa shape index (κ2) is 5.40. The molecule has 0 radical (unpaired) electrons. The fourth-order valence-electron chi connectivity index (χ4n) is 1.60. The molecule has 2 nitrogen and oxygen atoms in total. The molecule has 1 N–H and O–H groups in total. The van der Waals surface area contributed by atoms with Gasteiger partial charge in [-0.15, -0.1) is 22.7 Å². The second-order valence-electron chi connectivity index (χ2n) is 3.59. The maximum Gasteiger partial charge on any atom is 0.0897 e. The Balaban J connectivity index is 2.12. The summed E-state index contributed by atoms with van der Waals surface area (Å²) in [4.78, 5) is 4.50. The lowest BCUT2D eigenvalue weighted by Gasteiger charge is -2.13. The summed E-state index contributed by atoms with van der Waals surface area (Å²) in [5, 5.41) is 8.80. The fraction of sp³-hybridized carbons (Fsp3) is 0.364. The van der Waals surface area contributed by atoms with Gasteiger partial charge in [-0.05, 0) is 46.9 Å². The van der Waals surface area contributed by atoms with Gasteiger partial charge in [0.15, 0.2) is 0 Å². The Morgan fingerprint density at radius 2 is 2.25 bits per heavy atom. The number of likely N-dealkylation sites (N-methyl/N-ethyl adjacent to an activating group) is 1.